The number of nitrogens with zero attached hydrogens (tertiary/aromatic N) is 3. The van der Waals surface area contributed by atoms with Gasteiger partial charge in [0.15, 0.2) is 0 Å². The number of carbonyl (C=O) groups excluding carboxylic acids is 1. The van der Waals surface area contributed by atoms with Crippen molar-refractivity contribution in [3.05, 3.63) is 54.4 Å². The zero-order valence-corrected chi connectivity index (χ0v) is 14.4. The summed E-state index contributed by atoms with van der Waals surface area (Å²) in [5.41, 5.74) is 0.603. The molecule has 1 aromatic carbocycles. The maximum atomic E-state index is 12.4. The summed E-state index contributed by atoms with van der Waals surface area (Å²) >= 11 is 0. The lowest BCUT2D eigenvalue weighted by Crippen LogP contribution is -2.22. The Labute approximate surface area is 163 Å². The molecular formula is C17H9F6N3O4. The molecule has 0 spiro atoms. The molecule has 0 aliphatic heterocycles. The number of rotatable bonds is 3. The molecule has 158 valence electrons. The second kappa shape index (κ2) is 8.71. The zero-order chi connectivity index (χ0) is 22.5. The van der Waals surface area contributed by atoms with Gasteiger partial charge in [-0.05, 0) is 24.3 Å². The Morgan fingerprint density at radius 1 is 0.900 bits per heavy atom. The minimum atomic E-state index is -5.08. The molecule has 0 amide bonds. The van der Waals surface area contributed by atoms with Crippen molar-refractivity contribution in [3.63, 3.8) is 0 Å². The molecule has 0 aliphatic rings. The molecule has 0 radical (unpaired) electrons. The molecule has 0 bridgehead atoms. The van der Waals surface area contributed by atoms with Crippen molar-refractivity contribution < 1.29 is 45.6 Å². The number of carboxylic acids is 1. The highest BCUT2D eigenvalue weighted by Gasteiger charge is 2.39. The lowest BCUT2D eigenvalue weighted by Gasteiger charge is -2.04. The van der Waals surface area contributed by atoms with Crippen LogP contribution in [-0.2, 0) is 4.79 Å². The van der Waals surface area contributed by atoms with Crippen LogP contribution in [-0.4, -0.2) is 44.3 Å². The molecule has 2 heterocycles. The van der Waals surface area contributed by atoms with Gasteiger partial charge in [-0.15, -0.1) is 0 Å². The summed E-state index contributed by atoms with van der Waals surface area (Å²) in [5.74, 6) is -4.21. The summed E-state index contributed by atoms with van der Waals surface area (Å²) in [5, 5.41) is 10.9. The van der Waals surface area contributed by atoms with Crippen LogP contribution in [0.5, 0.6) is 0 Å². The van der Waals surface area contributed by atoms with Crippen LogP contribution in [0.3, 0.4) is 0 Å². The highest BCUT2D eigenvalue weighted by atomic mass is 19.4. The van der Waals surface area contributed by atoms with E-state index in [0.717, 1.165) is 12.1 Å². The lowest BCUT2D eigenvalue weighted by atomic mass is 10.1. The normalized spacial score (nSPS) is 11.4. The summed E-state index contributed by atoms with van der Waals surface area (Å²) in [7, 11) is 0. The topological polar surface area (TPSA) is 106 Å². The van der Waals surface area contributed by atoms with Gasteiger partial charge in [-0.2, -0.15) is 31.3 Å². The molecule has 0 unspecified atom stereocenters. The van der Waals surface area contributed by atoms with Crippen LogP contribution in [0, 0.1) is 0 Å². The van der Waals surface area contributed by atoms with E-state index in [1.54, 1.807) is 24.5 Å². The molecule has 0 fully saturated rings. The van der Waals surface area contributed by atoms with Crippen LogP contribution in [0.4, 0.5) is 26.3 Å². The fourth-order valence-corrected chi connectivity index (χ4v) is 1.88. The fourth-order valence-electron chi connectivity index (χ4n) is 1.88. The smallest absolute Gasteiger partial charge is 0.475 e. The predicted octanol–water partition coefficient (Wildman–Crippen LogP) is 4.18. The van der Waals surface area contributed by atoms with Gasteiger partial charge in [0, 0.05) is 29.1 Å². The minimum absolute atomic E-state index is 0.134. The fraction of sp³-hybridized carbons (Fsp3) is 0.118. The molecule has 0 saturated carbocycles. The van der Waals surface area contributed by atoms with Gasteiger partial charge >= 0.3 is 18.3 Å². The van der Waals surface area contributed by atoms with Crippen LogP contribution in [0.2, 0.25) is 0 Å². The lowest BCUT2D eigenvalue weighted by molar-refractivity contribution is -0.192. The first-order valence-corrected chi connectivity index (χ1v) is 7.66. The van der Waals surface area contributed by atoms with Crippen molar-refractivity contribution in [1.82, 2.24) is 15.1 Å². The Morgan fingerprint density at radius 3 is 1.97 bits per heavy atom. The molecule has 2 aromatic heterocycles. The summed E-state index contributed by atoms with van der Waals surface area (Å²) in [6, 6.07) is 8.23. The van der Waals surface area contributed by atoms with Crippen molar-refractivity contribution in [2.45, 2.75) is 12.4 Å². The number of alkyl halides is 6. The number of benzene rings is 1. The predicted molar refractivity (Wildman–Crippen MR) is 87.0 cm³/mol. The molecule has 30 heavy (non-hydrogen) atoms. The van der Waals surface area contributed by atoms with Gasteiger partial charge < -0.3 is 9.63 Å². The number of hydrogen-bond donors (Lipinski definition) is 1. The first kappa shape index (κ1) is 22.5. The zero-order valence-electron chi connectivity index (χ0n) is 14.4. The van der Waals surface area contributed by atoms with Crippen molar-refractivity contribution in [3.8, 4) is 22.8 Å². The molecule has 0 saturated heterocycles. The van der Waals surface area contributed by atoms with Crippen LogP contribution >= 0.6 is 0 Å². The number of ketones is 1. The quantitative estimate of drug-likeness (QED) is 0.488. The largest absolute Gasteiger partial charge is 0.490 e. The Kier molecular flexibility index (Phi) is 6.54. The van der Waals surface area contributed by atoms with Gasteiger partial charge in [0.1, 0.15) is 0 Å². The molecule has 0 atom stereocenters. The molecule has 3 rings (SSSR count). The highest BCUT2D eigenvalue weighted by molar-refractivity contribution is 6.00. The molecular weight excluding hydrogens is 424 g/mol. The number of hydrogen-bond acceptors (Lipinski definition) is 6. The van der Waals surface area contributed by atoms with Crippen molar-refractivity contribution in [2.75, 3.05) is 0 Å². The van der Waals surface area contributed by atoms with Crippen LogP contribution < -0.4 is 0 Å². The average molecular weight is 433 g/mol. The summed E-state index contributed by atoms with van der Waals surface area (Å²) < 4.78 is 73.9. The standard InChI is InChI=1S/C15H8F3N3O2.C2HF3O2/c16-15(17,18)12(22)9-3-5-10(6-4-9)14-20-13(21-23-14)11-2-1-7-19-8-11;3-2(4,5)1(6)7/h1-8H;(H,6,7). The van der Waals surface area contributed by atoms with Gasteiger partial charge in [0.25, 0.3) is 11.7 Å². The summed E-state index contributed by atoms with van der Waals surface area (Å²) in [4.78, 5) is 28.1. The van der Waals surface area contributed by atoms with E-state index >= 15 is 0 Å². The Bertz CT molecular complexity index is 1010. The van der Waals surface area contributed by atoms with Crippen molar-refractivity contribution in [2.24, 2.45) is 0 Å². The number of pyridine rings is 1. The number of carbonyl (C=O) groups is 2. The van der Waals surface area contributed by atoms with Crippen molar-refractivity contribution >= 4 is 11.8 Å². The maximum Gasteiger partial charge on any atom is 0.490 e. The van der Waals surface area contributed by atoms with Crippen LogP contribution in [0.25, 0.3) is 22.8 Å². The van der Waals surface area contributed by atoms with E-state index < -0.39 is 29.7 Å². The highest BCUT2D eigenvalue weighted by Crippen LogP contribution is 2.25. The van der Waals surface area contributed by atoms with E-state index in [9.17, 15) is 31.1 Å². The minimum Gasteiger partial charge on any atom is -0.475 e. The van der Waals surface area contributed by atoms with E-state index in [-0.39, 0.29) is 5.89 Å². The molecule has 1 N–H and O–H groups in total. The van der Waals surface area contributed by atoms with E-state index in [0.29, 0.717) is 17.0 Å². The number of halogens is 6. The number of carboxylic acid groups (broad SMARTS) is 1. The summed E-state index contributed by atoms with van der Waals surface area (Å²) in [6.07, 6.45) is -6.83. The van der Waals surface area contributed by atoms with E-state index in [2.05, 4.69) is 15.1 Å². The third-order valence-corrected chi connectivity index (χ3v) is 3.24. The van der Waals surface area contributed by atoms with Gasteiger partial charge in [0.05, 0.1) is 0 Å². The monoisotopic (exact) mass is 433 g/mol. The number of aromatic nitrogens is 3. The number of Topliss-reactive ketones (excluding diaryl/α,β-unsaturated/α-hetero) is 1. The Morgan fingerprint density at radius 2 is 1.50 bits per heavy atom. The maximum absolute atomic E-state index is 12.4. The van der Waals surface area contributed by atoms with E-state index in [4.69, 9.17) is 14.4 Å². The Hall–Kier alpha value is -3.77. The molecule has 3 aromatic rings. The van der Waals surface area contributed by atoms with E-state index in [1.165, 1.54) is 12.1 Å². The van der Waals surface area contributed by atoms with Crippen LogP contribution in [0.1, 0.15) is 10.4 Å². The average Bonchev–Trinajstić information content (AvgIpc) is 3.17. The third-order valence-electron chi connectivity index (χ3n) is 3.24. The van der Waals surface area contributed by atoms with Gasteiger partial charge in [0.2, 0.25) is 5.82 Å². The third kappa shape index (κ3) is 5.86. The second-order valence-corrected chi connectivity index (χ2v) is 5.37. The second-order valence-electron chi connectivity index (χ2n) is 5.37. The van der Waals surface area contributed by atoms with Gasteiger partial charge in [-0.1, -0.05) is 17.3 Å². The SMILES string of the molecule is O=C(O)C(F)(F)F.O=C(c1ccc(-c2nc(-c3cccnc3)no2)cc1)C(F)(F)F. The van der Waals surface area contributed by atoms with E-state index in [1.807, 2.05) is 0 Å². The van der Waals surface area contributed by atoms with Gasteiger partial charge in [-0.25, -0.2) is 4.79 Å². The van der Waals surface area contributed by atoms with Crippen molar-refractivity contribution in [1.29, 1.82) is 0 Å². The molecule has 13 heteroatoms. The summed E-state index contributed by atoms with van der Waals surface area (Å²) in [6.45, 7) is 0. The van der Waals surface area contributed by atoms with Gasteiger partial charge in [-0.3, -0.25) is 9.78 Å². The Balaban J connectivity index is 0.000000396. The molecule has 7 nitrogen and oxygen atoms in total. The van der Waals surface area contributed by atoms with Crippen LogP contribution in [0.15, 0.2) is 53.3 Å². The number of aliphatic carboxylic acids is 1. The first-order chi connectivity index (χ1) is 13.9. The first-order valence-electron chi connectivity index (χ1n) is 7.66. The molecule has 0 aliphatic carbocycles.